The van der Waals surface area contributed by atoms with Crippen molar-refractivity contribution < 1.29 is 58.0 Å². The van der Waals surface area contributed by atoms with Crippen LogP contribution in [0, 0.1) is 0 Å². The summed E-state index contributed by atoms with van der Waals surface area (Å²) in [6.07, 6.45) is -3.21. The predicted molar refractivity (Wildman–Crippen MR) is 123 cm³/mol. The average molecular weight is 555 g/mol. The van der Waals surface area contributed by atoms with Gasteiger partial charge in [0.25, 0.3) is 0 Å². The number of nitrogens with two attached hydrogens (primary N) is 1. The molecule has 9 N–H and O–H groups in total. The van der Waals surface area contributed by atoms with E-state index < -0.39 is 70.0 Å². The van der Waals surface area contributed by atoms with Crippen LogP contribution in [-0.4, -0.2) is 75.8 Å². The van der Waals surface area contributed by atoms with Crippen molar-refractivity contribution in [1.29, 1.82) is 0 Å². The Bertz CT molecular complexity index is 1140. The van der Waals surface area contributed by atoms with Crippen molar-refractivity contribution in [3.63, 3.8) is 0 Å². The number of aromatic nitrogens is 2. The number of phosphoric ester groups is 1. The van der Waals surface area contributed by atoms with Crippen LogP contribution in [0.1, 0.15) is 18.7 Å². The Morgan fingerprint density at radius 3 is 2.33 bits per heavy atom. The molecule has 0 saturated heterocycles. The Hall–Kier alpha value is -2.33. The first-order valence-electron chi connectivity index (χ1n) is 10.1. The standard InChI is InChI=1S/C18H27N3O13P2/c1-11(23)15(21-8-7-14(19)20-17(21)26)33-13(9-22)10-32-36(30,31)34-18(16(24)25,35(27,28)29)12-5-3-2-4-6-12/h2-8,11,13,15,22-23,27-29,35H,9-10H2,1H3,(H,24,25)(H,30,31)(H2,19,20,26)/t11-,13-,15+,18-/m0/s1. The van der Waals surface area contributed by atoms with Crippen molar-refractivity contribution in [2.75, 3.05) is 18.9 Å². The monoisotopic (exact) mass is 555 g/mol. The van der Waals surface area contributed by atoms with Crippen molar-refractivity contribution in [3.8, 4) is 0 Å². The number of carboxylic acid groups (broad SMARTS) is 1. The molecule has 0 aliphatic carbocycles. The van der Waals surface area contributed by atoms with E-state index in [9.17, 15) is 49.0 Å². The summed E-state index contributed by atoms with van der Waals surface area (Å²) in [6.45, 7) is -0.633. The number of carbonyl (C=O) groups is 1. The SMILES string of the molecule is C[C@H](O)[C@@H](O[C@@H](CO)COP(=O)(O)O[C@@](C(=O)O)(c1ccccc1)[PH](O)(O)O)n1ccc(N)nc1=O. The summed E-state index contributed by atoms with van der Waals surface area (Å²) in [5.74, 6) is -2.32. The van der Waals surface area contributed by atoms with E-state index in [0.717, 1.165) is 22.9 Å². The van der Waals surface area contributed by atoms with Gasteiger partial charge < -0.3 is 5.73 Å². The Morgan fingerprint density at radius 2 is 1.86 bits per heavy atom. The van der Waals surface area contributed by atoms with Crippen LogP contribution in [0.25, 0.3) is 0 Å². The zero-order valence-corrected chi connectivity index (χ0v) is 20.6. The van der Waals surface area contributed by atoms with Gasteiger partial charge in [-0.15, -0.1) is 0 Å². The molecular weight excluding hydrogens is 528 g/mol. The van der Waals surface area contributed by atoms with Crippen LogP contribution in [0.2, 0.25) is 0 Å². The predicted octanol–water partition coefficient (Wildman–Crippen LogP) is -1.37. The number of benzene rings is 1. The van der Waals surface area contributed by atoms with Gasteiger partial charge in [0.05, 0.1) is 0 Å². The molecule has 1 unspecified atom stereocenters. The maximum atomic E-state index is 12.6. The molecule has 16 nitrogen and oxygen atoms in total. The molecule has 2 aromatic rings. The summed E-state index contributed by atoms with van der Waals surface area (Å²) < 4.78 is 28.2. The number of carboxylic acids is 1. The van der Waals surface area contributed by atoms with Crippen molar-refractivity contribution >= 4 is 27.6 Å². The summed E-state index contributed by atoms with van der Waals surface area (Å²) in [5.41, 5.74) is 3.93. The number of rotatable bonds is 13. The van der Waals surface area contributed by atoms with Gasteiger partial charge in [-0.25, -0.2) is 0 Å². The molecule has 0 bridgehead atoms. The Kier molecular flexibility index (Phi) is 9.81. The molecule has 202 valence electrons. The number of nitrogens with zero attached hydrogens (tertiary/aromatic N) is 2. The average Bonchev–Trinajstić information content (AvgIpc) is 2.77. The van der Waals surface area contributed by atoms with E-state index in [2.05, 4.69) is 9.51 Å². The molecule has 1 aromatic carbocycles. The first kappa shape index (κ1) is 29.9. The third-order valence-corrected chi connectivity index (χ3v) is 7.40. The molecule has 36 heavy (non-hydrogen) atoms. The number of aliphatic hydroxyl groups is 2. The summed E-state index contributed by atoms with van der Waals surface area (Å²) in [4.78, 5) is 67.4. The van der Waals surface area contributed by atoms with Crippen LogP contribution in [0.3, 0.4) is 0 Å². The summed E-state index contributed by atoms with van der Waals surface area (Å²) >= 11 is 0. The molecule has 2 rings (SSSR count). The molecule has 0 fully saturated rings. The van der Waals surface area contributed by atoms with Gasteiger partial charge in [-0.05, 0) is 0 Å². The number of nitrogen functional groups attached to an aromatic ring is 1. The third-order valence-electron chi connectivity index (χ3n) is 4.70. The van der Waals surface area contributed by atoms with Gasteiger partial charge >= 0.3 is 198 Å². The quantitative estimate of drug-likeness (QED) is 0.132. The van der Waals surface area contributed by atoms with Gasteiger partial charge in [0.1, 0.15) is 0 Å². The number of anilines is 1. The van der Waals surface area contributed by atoms with Crippen molar-refractivity contribution in [2.45, 2.75) is 30.7 Å². The number of ether oxygens (including phenoxy) is 1. The van der Waals surface area contributed by atoms with Crippen LogP contribution in [0.4, 0.5) is 5.82 Å². The summed E-state index contributed by atoms with van der Waals surface area (Å²) in [5, 5.41) is 25.8. The van der Waals surface area contributed by atoms with Gasteiger partial charge in [0, 0.05) is 0 Å². The molecule has 0 aliphatic rings. The van der Waals surface area contributed by atoms with Gasteiger partial charge in [-0.1, -0.05) is 0 Å². The zero-order chi connectivity index (χ0) is 27.3. The van der Waals surface area contributed by atoms with Crippen LogP contribution in [-0.2, 0) is 28.5 Å². The van der Waals surface area contributed by atoms with Gasteiger partial charge in [-0.3, -0.25) is 0 Å². The maximum absolute atomic E-state index is 12.6. The van der Waals surface area contributed by atoms with Crippen molar-refractivity contribution in [2.24, 2.45) is 0 Å². The second kappa shape index (κ2) is 11.8. The first-order valence-corrected chi connectivity index (χ1v) is 13.4. The number of phosphoric acid groups is 1. The molecule has 5 atom stereocenters. The fourth-order valence-electron chi connectivity index (χ4n) is 3.03. The Labute approximate surface area is 204 Å². The minimum atomic E-state index is -5.91. The fraction of sp³-hybridized carbons (Fsp3) is 0.389. The Morgan fingerprint density at radius 1 is 1.25 bits per heavy atom. The first-order chi connectivity index (χ1) is 16.6. The number of aliphatic hydroxyl groups excluding tert-OH is 2. The normalized spacial score (nSPS) is 18.4. The fourth-order valence-corrected chi connectivity index (χ4v) is 5.64. The molecule has 0 amide bonds. The van der Waals surface area contributed by atoms with Gasteiger partial charge in [0.15, 0.2) is 0 Å². The van der Waals surface area contributed by atoms with Gasteiger partial charge in [0.2, 0.25) is 0 Å². The molecule has 0 saturated carbocycles. The zero-order valence-electron chi connectivity index (χ0n) is 18.7. The second-order valence-electron chi connectivity index (χ2n) is 7.46. The topological polar surface area (TPSA) is 264 Å². The van der Waals surface area contributed by atoms with E-state index in [-0.39, 0.29) is 5.82 Å². The molecule has 18 heteroatoms. The van der Waals surface area contributed by atoms with E-state index in [1.54, 1.807) is 0 Å². The minimum absolute atomic E-state index is 0.113. The number of hydrogen-bond donors (Lipinski definition) is 8. The van der Waals surface area contributed by atoms with Crippen LogP contribution < -0.4 is 11.4 Å². The van der Waals surface area contributed by atoms with E-state index in [0.29, 0.717) is 0 Å². The van der Waals surface area contributed by atoms with Crippen molar-refractivity contribution in [3.05, 3.63) is 58.6 Å². The molecule has 1 aromatic heterocycles. The van der Waals surface area contributed by atoms with E-state index in [4.69, 9.17) is 15.0 Å². The van der Waals surface area contributed by atoms with Crippen LogP contribution >= 0.6 is 15.8 Å². The van der Waals surface area contributed by atoms with Crippen LogP contribution in [0.5, 0.6) is 0 Å². The summed E-state index contributed by atoms with van der Waals surface area (Å²) in [7, 11) is -11.4. The molecule has 1 heterocycles. The third kappa shape index (κ3) is 6.91. The molecule has 0 radical (unpaired) electrons. The number of aliphatic carboxylic acids is 1. The second-order valence-corrected chi connectivity index (χ2v) is 10.8. The number of hydrogen-bond acceptors (Lipinski definition) is 13. The molecule has 0 aliphatic heterocycles. The van der Waals surface area contributed by atoms with E-state index in [1.807, 2.05) is 0 Å². The van der Waals surface area contributed by atoms with E-state index >= 15 is 0 Å². The van der Waals surface area contributed by atoms with E-state index in [1.165, 1.54) is 31.2 Å². The van der Waals surface area contributed by atoms with Gasteiger partial charge in [-0.2, -0.15) is 0 Å². The van der Waals surface area contributed by atoms with Crippen LogP contribution in [0.15, 0.2) is 47.4 Å². The Balaban J connectivity index is 2.28. The molecule has 0 spiro atoms. The summed E-state index contributed by atoms with van der Waals surface area (Å²) in [6, 6.07) is 7.15. The molecular formula is C18H27N3O13P2. The van der Waals surface area contributed by atoms with Crippen molar-refractivity contribution in [1.82, 2.24) is 9.55 Å².